The Bertz CT molecular complexity index is 414. The number of fused-ring (bicyclic) bond motifs is 1. The van der Waals surface area contributed by atoms with E-state index >= 15 is 0 Å². The number of rotatable bonds is 3. The molecule has 16 heavy (non-hydrogen) atoms. The number of carboxylic acid groups (broad SMARTS) is 1. The predicted octanol–water partition coefficient (Wildman–Crippen LogP) is 1.83. The van der Waals surface area contributed by atoms with Gasteiger partial charge < -0.3 is 10.8 Å². The Kier molecular flexibility index (Phi) is 2.97. The third kappa shape index (κ3) is 2.09. The van der Waals surface area contributed by atoms with Crippen molar-refractivity contribution in [2.24, 2.45) is 5.73 Å². The highest BCUT2D eigenvalue weighted by Crippen LogP contribution is 2.36. The van der Waals surface area contributed by atoms with Crippen LogP contribution in [0.1, 0.15) is 35.4 Å². The lowest BCUT2D eigenvalue weighted by Crippen LogP contribution is -2.31. The fourth-order valence-electron chi connectivity index (χ4n) is 2.49. The van der Waals surface area contributed by atoms with Crippen LogP contribution in [0.3, 0.4) is 0 Å². The number of benzene rings is 1. The van der Waals surface area contributed by atoms with Gasteiger partial charge in [0.25, 0.3) is 0 Å². The van der Waals surface area contributed by atoms with Crippen LogP contribution in [0.15, 0.2) is 18.2 Å². The molecular weight excluding hydrogens is 202 g/mol. The molecule has 0 heterocycles. The largest absolute Gasteiger partial charge is 0.480 e. The van der Waals surface area contributed by atoms with Crippen LogP contribution in [-0.2, 0) is 11.2 Å². The smallest absolute Gasteiger partial charge is 0.320 e. The second-order valence-corrected chi connectivity index (χ2v) is 4.62. The molecule has 0 fully saturated rings. The van der Waals surface area contributed by atoms with Gasteiger partial charge in [-0.3, -0.25) is 4.79 Å². The summed E-state index contributed by atoms with van der Waals surface area (Å²) in [4.78, 5) is 10.7. The van der Waals surface area contributed by atoms with Gasteiger partial charge in [0.2, 0.25) is 0 Å². The van der Waals surface area contributed by atoms with Gasteiger partial charge in [-0.2, -0.15) is 0 Å². The van der Waals surface area contributed by atoms with Gasteiger partial charge in [0.15, 0.2) is 0 Å². The van der Waals surface area contributed by atoms with E-state index in [0.29, 0.717) is 12.3 Å². The minimum Gasteiger partial charge on any atom is -0.480 e. The molecule has 0 amide bonds. The van der Waals surface area contributed by atoms with Crippen molar-refractivity contribution in [1.82, 2.24) is 0 Å². The number of nitrogens with two attached hydrogens (primary N) is 1. The second kappa shape index (κ2) is 4.26. The molecule has 3 heteroatoms. The summed E-state index contributed by atoms with van der Waals surface area (Å²) in [5, 5.41) is 8.81. The summed E-state index contributed by atoms with van der Waals surface area (Å²) in [5.41, 5.74) is 9.51. The lowest BCUT2D eigenvalue weighted by Gasteiger charge is -2.14. The Labute approximate surface area is 95.3 Å². The topological polar surface area (TPSA) is 63.3 Å². The van der Waals surface area contributed by atoms with Gasteiger partial charge in [-0.25, -0.2) is 0 Å². The number of aliphatic carboxylic acids is 1. The van der Waals surface area contributed by atoms with Crippen LogP contribution in [0.4, 0.5) is 0 Å². The molecule has 2 atom stereocenters. The molecule has 3 N–H and O–H groups in total. The maximum Gasteiger partial charge on any atom is 0.320 e. The summed E-state index contributed by atoms with van der Waals surface area (Å²) >= 11 is 0. The molecule has 1 aliphatic carbocycles. The van der Waals surface area contributed by atoms with E-state index in [4.69, 9.17) is 10.8 Å². The summed E-state index contributed by atoms with van der Waals surface area (Å²) < 4.78 is 0. The molecule has 2 unspecified atom stereocenters. The van der Waals surface area contributed by atoms with Gasteiger partial charge >= 0.3 is 5.97 Å². The molecule has 1 aromatic carbocycles. The molecule has 0 aliphatic heterocycles. The molecule has 86 valence electrons. The van der Waals surface area contributed by atoms with Crippen LogP contribution in [0.5, 0.6) is 0 Å². The lowest BCUT2D eigenvalue weighted by molar-refractivity contribution is -0.138. The number of carbonyl (C=O) groups is 1. The van der Waals surface area contributed by atoms with Crippen molar-refractivity contribution < 1.29 is 9.90 Å². The van der Waals surface area contributed by atoms with Crippen molar-refractivity contribution in [3.63, 3.8) is 0 Å². The molecule has 0 radical (unpaired) electrons. The maximum absolute atomic E-state index is 10.7. The summed E-state index contributed by atoms with van der Waals surface area (Å²) in [6, 6.07) is 5.67. The molecule has 0 spiro atoms. The molecule has 0 aromatic heterocycles. The van der Waals surface area contributed by atoms with Crippen molar-refractivity contribution in [1.29, 1.82) is 0 Å². The van der Waals surface area contributed by atoms with Gasteiger partial charge in [-0.1, -0.05) is 23.8 Å². The van der Waals surface area contributed by atoms with Gasteiger partial charge in [0.05, 0.1) is 0 Å². The molecule has 1 aromatic rings. The van der Waals surface area contributed by atoms with Crippen LogP contribution in [0, 0.1) is 6.92 Å². The van der Waals surface area contributed by atoms with Crippen molar-refractivity contribution in [2.45, 2.75) is 38.1 Å². The number of hydrogen-bond donors (Lipinski definition) is 2. The standard InChI is InChI=1S/C13H17NO2/c1-8-2-5-11-9(6-8)3-4-10(11)7-12(14)13(15)16/h2,5-6,10,12H,3-4,7,14H2,1H3,(H,15,16). The van der Waals surface area contributed by atoms with Crippen molar-refractivity contribution in [2.75, 3.05) is 0 Å². The highest BCUT2D eigenvalue weighted by molar-refractivity contribution is 5.73. The van der Waals surface area contributed by atoms with Crippen LogP contribution >= 0.6 is 0 Å². The molecule has 0 saturated carbocycles. The van der Waals surface area contributed by atoms with Crippen LogP contribution in [0.25, 0.3) is 0 Å². The summed E-state index contributed by atoms with van der Waals surface area (Å²) in [7, 11) is 0. The average molecular weight is 219 g/mol. The van der Waals surface area contributed by atoms with Gasteiger partial charge in [-0.05, 0) is 43.2 Å². The first-order valence-electron chi connectivity index (χ1n) is 5.65. The average Bonchev–Trinajstić information content (AvgIpc) is 2.60. The molecule has 1 aliphatic rings. The highest BCUT2D eigenvalue weighted by atomic mass is 16.4. The molecule has 2 rings (SSSR count). The zero-order chi connectivity index (χ0) is 11.7. The summed E-state index contributed by atoms with van der Waals surface area (Å²) in [5.74, 6) is -0.581. The van der Waals surface area contributed by atoms with E-state index in [1.54, 1.807) is 0 Å². The SMILES string of the molecule is Cc1ccc2c(c1)CCC2CC(N)C(=O)O. The zero-order valence-electron chi connectivity index (χ0n) is 9.44. The van der Waals surface area contributed by atoms with Crippen molar-refractivity contribution >= 4 is 5.97 Å². The Hall–Kier alpha value is -1.35. The van der Waals surface area contributed by atoms with E-state index in [-0.39, 0.29) is 0 Å². The minimum absolute atomic E-state index is 0.321. The second-order valence-electron chi connectivity index (χ2n) is 4.62. The van der Waals surface area contributed by atoms with Gasteiger partial charge in [-0.15, -0.1) is 0 Å². The maximum atomic E-state index is 10.7. The third-order valence-corrected chi connectivity index (χ3v) is 3.36. The fourth-order valence-corrected chi connectivity index (χ4v) is 2.49. The number of aryl methyl sites for hydroxylation is 2. The highest BCUT2D eigenvalue weighted by Gasteiger charge is 2.26. The minimum atomic E-state index is -0.902. The van der Waals surface area contributed by atoms with Gasteiger partial charge in [0.1, 0.15) is 6.04 Å². The summed E-state index contributed by atoms with van der Waals surface area (Å²) in [6.07, 6.45) is 2.62. The van der Waals surface area contributed by atoms with Crippen LogP contribution < -0.4 is 5.73 Å². The van der Waals surface area contributed by atoms with Crippen LogP contribution in [-0.4, -0.2) is 17.1 Å². The van der Waals surface area contributed by atoms with E-state index in [9.17, 15) is 4.79 Å². The van der Waals surface area contributed by atoms with E-state index in [1.165, 1.54) is 16.7 Å². The van der Waals surface area contributed by atoms with Crippen LogP contribution in [0.2, 0.25) is 0 Å². The first kappa shape index (κ1) is 11.1. The Morgan fingerprint density at radius 1 is 1.62 bits per heavy atom. The fraction of sp³-hybridized carbons (Fsp3) is 0.462. The van der Waals surface area contributed by atoms with E-state index in [1.807, 2.05) is 0 Å². The first-order chi connectivity index (χ1) is 7.58. The number of hydrogen-bond acceptors (Lipinski definition) is 2. The predicted molar refractivity (Wildman–Crippen MR) is 62.5 cm³/mol. The normalized spacial score (nSPS) is 20.5. The Balaban J connectivity index is 2.15. The lowest BCUT2D eigenvalue weighted by atomic mass is 9.93. The van der Waals surface area contributed by atoms with E-state index < -0.39 is 12.0 Å². The van der Waals surface area contributed by atoms with Crippen molar-refractivity contribution in [3.05, 3.63) is 34.9 Å². The molecule has 0 bridgehead atoms. The quantitative estimate of drug-likeness (QED) is 0.815. The zero-order valence-corrected chi connectivity index (χ0v) is 9.44. The summed E-state index contributed by atoms with van der Waals surface area (Å²) in [6.45, 7) is 2.08. The van der Waals surface area contributed by atoms with Gasteiger partial charge in [0, 0.05) is 0 Å². The van der Waals surface area contributed by atoms with E-state index in [0.717, 1.165) is 12.8 Å². The Morgan fingerprint density at radius 3 is 3.06 bits per heavy atom. The monoisotopic (exact) mass is 219 g/mol. The third-order valence-electron chi connectivity index (χ3n) is 3.36. The molecular formula is C13H17NO2. The van der Waals surface area contributed by atoms with E-state index in [2.05, 4.69) is 25.1 Å². The molecule has 0 saturated heterocycles. The van der Waals surface area contributed by atoms with Crippen molar-refractivity contribution in [3.8, 4) is 0 Å². The first-order valence-corrected chi connectivity index (χ1v) is 5.65. The Morgan fingerprint density at radius 2 is 2.38 bits per heavy atom. The molecule has 3 nitrogen and oxygen atoms in total. The number of carboxylic acids is 1.